The second-order valence-corrected chi connectivity index (χ2v) is 19.1. The molecular weight excluding hydrogens is 647 g/mol. The molecule has 0 aliphatic carbocycles. The third-order valence-electron chi connectivity index (χ3n) is 9.24. The van der Waals surface area contributed by atoms with Crippen molar-refractivity contribution in [3.63, 3.8) is 0 Å². The van der Waals surface area contributed by atoms with Crippen molar-refractivity contribution in [1.29, 1.82) is 0 Å². The second-order valence-electron chi connectivity index (χ2n) is 13.6. The van der Waals surface area contributed by atoms with E-state index in [-0.39, 0.29) is 18.3 Å². The van der Waals surface area contributed by atoms with E-state index in [2.05, 4.69) is 104 Å². The lowest BCUT2D eigenvalue weighted by Gasteiger charge is -2.47. The minimum Gasteiger partial charge on any atom is -0.405 e. The Morgan fingerprint density at radius 3 is 2.06 bits per heavy atom. The van der Waals surface area contributed by atoms with Crippen LogP contribution in [0.5, 0.6) is 0 Å². The molecular formula is C40H43N3O4SSi. The van der Waals surface area contributed by atoms with Crippen LogP contribution in [-0.2, 0) is 20.5 Å². The van der Waals surface area contributed by atoms with Crippen molar-refractivity contribution in [2.24, 2.45) is 5.11 Å². The Hall–Kier alpha value is -3.92. The van der Waals surface area contributed by atoms with Gasteiger partial charge >= 0.3 is 0 Å². The number of thioether (sulfide) groups is 1. The van der Waals surface area contributed by atoms with E-state index < -0.39 is 38.1 Å². The topological polar surface area (TPSA) is 96.7 Å². The summed E-state index contributed by atoms with van der Waals surface area (Å²) in [6.45, 7) is 9.14. The molecule has 1 heterocycles. The van der Waals surface area contributed by atoms with Crippen molar-refractivity contribution >= 4 is 41.2 Å². The Bertz CT molecular complexity index is 1840. The Balaban J connectivity index is 1.36. The maximum Gasteiger partial charge on any atom is 0.261 e. The molecule has 5 atom stereocenters. The zero-order valence-corrected chi connectivity index (χ0v) is 30.2. The van der Waals surface area contributed by atoms with Gasteiger partial charge in [0.1, 0.15) is 23.7 Å². The largest absolute Gasteiger partial charge is 0.405 e. The quantitative estimate of drug-likeness (QED) is 0.0654. The molecule has 1 saturated heterocycles. The summed E-state index contributed by atoms with van der Waals surface area (Å²) in [5.41, 5.74) is 11.0. The molecule has 1 N–H and O–H groups in total. The zero-order chi connectivity index (χ0) is 34.4. The molecule has 0 radical (unpaired) electrons. The number of aliphatic hydroxyl groups excluding tert-OH is 1. The lowest BCUT2D eigenvalue weighted by molar-refractivity contribution is -0.188. The summed E-state index contributed by atoms with van der Waals surface area (Å²) in [4.78, 5) is 4.06. The first-order chi connectivity index (χ1) is 23.7. The number of nitrogens with zero attached hydrogens (tertiary/aromatic N) is 3. The van der Waals surface area contributed by atoms with Crippen LogP contribution in [0.4, 0.5) is 0 Å². The van der Waals surface area contributed by atoms with Crippen molar-refractivity contribution in [3.8, 4) is 0 Å². The van der Waals surface area contributed by atoms with Gasteiger partial charge < -0.3 is 19.0 Å². The van der Waals surface area contributed by atoms with Gasteiger partial charge in [0, 0.05) is 9.81 Å². The van der Waals surface area contributed by atoms with Gasteiger partial charge in [0.2, 0.25) is 0 Å². The van der Waals surface area contributed by atoms with Gasteiger partial charge in [-0.15, -0.1) is 0 Å². The number of hydrogen-bond donors (Lipinski definition) is 1. The van der Waals surface area contributed by atoms with E-state index in [4.69, 9.17) is 13.9 Å². The van der Waals surface area contributed by atoms with Crippen LogP contribution in [0.2, 0.25) is 5.04 Å². The fourth-order valence-corrected chi connectivity index (χ4v) is 12.5. The average Bonchev–Trinajstić information content (AvgIpc) is 3.11. The van der Waals surface area contributed by atoms with Gasteiger partial charge in [0.05, 0.1) is 19.3 Å². The van der Waals surface area contributed by atoms with Crippen LogP contribution < -0.4 is 10.4 Å². The highest BCUT2D eigenvalue weighted by molar-refractivity contribution is 7.99. The molecule has 5 aromatic carbocycles. The van der Waals surface area contributed by atoms with Crippen molar-refractivity contribution in [1.82, 2.24) is 0 Å². The van der Waals surface area contributed by atoms with E-state index >= 15 is 0 Å². The predicted molar refractivity (Wildman–Crippen MR) is 201 cm³/mol. The molecule has 1 fully saturated rings. The van der Waals surface area contributed by atoms with E-state index in [1.165, 1.54) is 11.8 Å². The molecule has 0 spiro atoms. The van der Waals surface area contributed by atoms with Gasteiger partial charge in [-0.05, 0) is 62.4 Å². The number of rotatable bonds is 11. The highest BCUT2D eigenvalue weighted by atomic mass is 32.2. The Kier molecular flexibility index (Phi) is 10.9. The molecule has 49 heavy (non-hydrogen) atoms. The van der Waals surface area contributed by atoms with Crippen molar-refractivity contribution < 1.29 is 19.0 Å². The maximum absolute atomic E-state index is 12.0. The summed E-state index contributed by atoms with van der Waals surface area (Å²) >= 11 is 1.43. The summed E-state index contributed by atoms with van der Waals surface area (Å²) in [7, 11) is -2.94. The highest BCUT2D eigenvalue weighted by Crippen LogP contribution is 2.40. The van der Waals surface area contributed by atoms with Crippen molar-refractivity contribution in [2.45, 2.75) is 74.0 Å². The van der Waals surface area contributed by atoms with E-state index in [1.807, 2.05) is 61.5 Å². The molecule has 1 aliphatic rings. The molecule has 5 aromatic rings. The minimum absolute atomic E-state index is 0.167. The van der Waals surface area contributed by atoms with Gasteiger partial charge in [0.15, 0.2) is 0 Å². The molecule has 9 heteroatoms. The molecule has 0 amide bonds. The number of azide groups is 1. The van der Waals surface area contributed by atoms with Gasteiger partial charge in [0.25, 0.3) is 8.32 Å². The van der Waals surface area contributed by atoms with Crippen molar-refractivity contribution in [2.75, 3.05) is 6.61 Å². The van der Waals surface area contributed by atoms with Gasteiger partial charge in [-0.3, -0.25) is 0 Å². The van der Waals surface area contributed by atoms with Crippen LogP contribution in [0.1, 0.15) is 31.9 Å². The Labute approximate surface area is 294 Å². The molecule has 6 rings (SSSR count). The van der Waals surface area contributed by atoms with E-state index in [9.17, 15) is 10.6 Å². The maximum atomic E-state index is 12.0. The Morgan fingerprint density at radius 1 is 0.837 bits per heavy atom. The van der Waals surface area contributed by atoms with E-state index in [0.717, 1.165) is 37.2 Å². The minimum atomic E-state index is -2.94. The van der Waals surface area contributed by atoms with Crippen LogP contribution in [-0.4, -0.2) is 49.8 Å². The molecule has 0 aromatic heterocycles. The molecule has 1 unspecified atom stereocenters. The summed E-state index contributed by atoms with van der Waals surface area (Å²) in [5.74, 6) is 0. The third-order valence-corrected chi connectivity index (χ3v) is 15.4. The summed E-state index contributed by atoms with van der Waals surface area (Å²) < 4.78 is 20.7. The van der Waals surface area contributed by atoms with Crippen LogP contribution in [0.3, 0.4) is 0 Å². The monoisotopic (exact) mass is 689 g/mol. The van der Waals surface area contributed by atoms with E-state index in [0.29, 0.717) is 0 Å². The number of aliphatic hydroxyl groups is 1. The van der Waals surface area contributed by atoms with E-state index in [1.54, 1.807) is 0 Å². The predicted octanol–water partition coefficient (Wildman–Crippen LogP) is 8.17. The summed E-state index contributed by atoms with van der Waals surface area (Å²) in [6, 6.07) is 42.5. The van der Waals surface area contributed by atoms with Gasteiger partial charge in [-0.1, -0.05) is 152 Å². The van der Waals surface area contributed by atoms with Crippen LogP contribution >= 0.6 is 11.8 Å². The highest BCUT2D eigenvalue weighted by Gasteiger charge is 2.52. The smallest absolute Gasteiger partial charge is 0.261 e. The number of ether oxygens (including phenoxy) is 2. The summed E-state index contributed by atoms with van der Waals surface area (Å²) in [6.07, 6.45) is -2.62. The SMILES string of the molecule is Cc1ccc(SC2O[C@H](CO[Si](c3ccccc3)(c3ccccc3)C(C)(C)C)[C@@H](OCc3ccc4ccccc4c3)[C@H](O)[C@H]2N=[N+]=[N-])cc1. The second kappa shape index (κ2) is 15.3. The zero-order valence-electron chi connectivity index (χ0n) is 28.3. The standard InChI is InChI=1S/C40H43N3O4SSi/c1-28-19-23-32(24-20-28)48-39-36(42-43-41)37(44)38(45-26-29-21-22-30-13-11-12-14-31(30)25-29)35(47-39)27-46-49(40(2,3)4,33-15-7-5-8-16-33)34-17-9-6-10-18-34/h5-25,35-39,44H,26-27H2,1-4H3/t35-,36-,37-,38-,39?/m1/s1. The average molecular weight is 690 g/mol. The first-order valence-electron chi connectivity index (χ1n) is 16.6. The molecule has 1 aliphatic heterocycles. The third kappa shape index (κ3) is 7.64. The van der Waals surface area contributed by atoms with Gasteiger partial charge in [-0.2, -0.15) is 0 Å². The molecule has 0 bridgehead atoms. The lowest BCUT2D eigenvalue weighted by atomic mass is 9.98. The first-order valence-corrected chi connectivity index (χ1v) is 19.4. The normalized spacial score (nSPS) is 21.3. The summed E-state index contributed by atoms with van der Waals surface area (Å²) in [5, 5.41) is 20.3. The molecule has 252 valence electrons. The number of aryl methyl sites for hydroxylation is 1. The van der Waals surface area contributed by atoms with Crippen LogP contribution in [0.15, 0.2) is 137 Å². The molecule has 0 saturated carbocycles. The van der Waals surface area contributed by atoms with Crippen LogP contribution in [0.25, 0.3) is 21.2 Å². The number of fused-ring (bicyclic) bond motifs is 1. The number of benzene rings is 5. The Morgan fingerprint density at radius 2 is 1.45 bits per heavy atom. The van der Waals surface area contributed by atoms with Crippen LogP contribution in [0, 0.1) is 6.92 Å². The lowest BCUT2D eigenvalue weighted by Crippen LogP contribution is -2.68. The fraction of sp³-hybridized carbons (Fsp3) is 0.300. The van der Waals surface area contributed by atoms with Gasteiger partial charge in [-0.25, -0.2) is 0 Å². The molecule has 7 nitrogen and oxygen atoms in total. The fourth-order valence-electron chi connectivity index (χ4n) is 6.77. The van der Waals surface area contributed by atoms with Crippen molar-refractivity contribution in [3.05, 3.63) is 149 Å². The first kappa shape index (κ1) is 34.9. The number of hydrogen-bond acceptors (Lipinski definition) is 6.